The minimum absolute atomic E-state index is 0.360. The number of ether oxygens (including phenoxy) is 1. The van der Waals surface area contributed by atoms with Crippen LogP contribution in [0.25, 0.3) is 0 Å². The van der Waals surface area contributed by atoms with E-state index in [0.29, 0.717) is 6.10 Å². The minimum atomic E-state index is 0.360. The Morgan fingerprint density at radius 3 is 3.12 bits per heavy atom. The second-order valence-corrected chi connectivity index (χ2v) is 4.70. The first-order valence-electron chi connectivity index (χ1n) is 6.43. The Balaban J connectivity index is 2.20. The molecule has 1 atom stereocenters. The SMILES string of the molecule is C=C(CNCCC)CN1CCCOC(C)C1. The zero-order chi connectivity index (χ0) is 11.8. The molecule has 1 aliphatic heterocycles. The molecule has 1 fully saturated rings. The van der Waals surface area contributed by atoms with Crippen molar-refractivity contribution in [3.8, 4) is 0 Å². The maximum atomic E-state index is 5.63. The highest BCUT2D eigenvalue weighted by Crippen LogP contribution is 2.06. The molecule has 0 saturated carbocycles. The van der Waals surface area contributed by atoms with Crippen LogP contribution in [0.2, 0.25) is 0 Å². The van der Waals surface area contributed by atoms with Crippen molar-refractivity contribution < 1.29 is 4.74 Å². The monoisotopic (exact) mass is 226 g/mol. The molecule has 0 aromatic rings. The van der Waals surface area contributed by atoms with Crippen molar-refractivity contribution in [3.63, 3.8) is 0 Å². The first-order chi connectivity index (χ1) is 7.72. The number of nitrogens with zero attached hydrogens (tertiary/aromatic N) is 1. The van der Waals surface area contributed by atoms with E-state index in [0.717, 1.165) is 45.8 Å². The predicted molar refractivity (Wildman–Crippen MR) is 68.8 cm³/mol. The first-order valence-corrected chi connectivity index (χ1v) is 6.43. The van der Waals surface area contributed by atoms with Crippen LogP contribution in [0.5, 0.6) is 0 Å². The highest BCUT2D eigenvalue weighted by Gasteiger charge is 2.14. The van der Waals surface area contributed by atoms with Gasteiger partial charge in [-0.15, -0.1) is 0 Å². The largest absolute Gasteiger partial charge is 0.377 e. The second-order valence-electron chi connectivity index (χ2n) is 4.70. The summed E-state index contributed by atoms with van der Waals surface area (Å²) in [7, 11) is 0. The number of rotatable bonds is 6. The summed E-state index contributed by atoms with van der Waals surface area (Å²) in [5.41, 5.74) is 1.28. The third-order valence-corrected chi connectivity index (χ3v) is 2.79. The molecule has 3 heteroatoms. The second kappa shape index (κ2) is 7.82. The lowest BCUT2D eigenvalue weighted by molar-refractivity contribution is 0.0689. The fourth-order valence-electron chi connectivity index (χ4n) is 2.04. The van der Waals surface area contributed by atoms with Gasteiger partial charge in [-0.1, -0.05) is 13.5 Å². The quantitative estimate of drug-likeness (QED) is 0.550. The van der Waals surface area contributed by atoms with Crippen molar-refractivity contribution in [2.45, 2.75) is 32.8 Å². The molecular weight excluding hydrogens is 200 g/mol. The number of hydrogen-bond donors (Lipinski definition) is 1. The standard InChI is InChI=1S/C13H26N2O/c1-4-6-14-9-12(2)10-15-7-5-8-16-13(3)11-15/h13-14H,2,4-11H2,1,3H3. The molecule has 1 aliphatic rings. The Kier molecular flexibility index (Phi) is 6.69. The molecule has 0 aromatic carbocycles. The van der Waals surface area contributed by atoms with E-state index < -0.39 is 0 Å². The van der Waals surface area contributed by atoms with Gasteiger partial charge in [0.1, 0.15) is 0 Å². The topological polar surface area (TPSA) is 24.5 Å². The smallest absolute Gasteiger partial charge is 0.0674 e. The molecule has 94 valence electrons. The van der Waals surface area contributed by atoms with Crippen LogP contribution in [-0.4, -0.2) is 50.3 Å². The Labute approximate surface area is 99.8 Å². The molecule has 0 bridgehead atoms. The molecule has 3 nitrogen and oxygen atoms in total. The lowest BCUT2D eigenvalue weighted by Crippen LogP contribution is -2.33. The van der Waals surface area contributed by atoms with E-state index in [1.807, 2.05) is 0 Å². The van der Waals surface area contributed by atoms with Crippen LogP contribution in [0.1, 0.15) is 26.7 Å². The Hall–Kier alpha value is -0.380. The minimum Gasteiger partial charge on any atom is -0.377 e. The van der Waals surface area contributed by atoms with Crippen LogP contribution in [0.15, 0.2) is 12.2 Å². The molecule has 1 unspecified atom stereocenters. The lowest BCUT2D eigenvalue weighted by Gasteiger charge is -2.22. The summed E-state index contributed by atoms with van der Waals surface area (Å²) >= 11 is 0. The van der Waals surface area contributed by atoms with Crippen molar-refractivity contribution in [2.24, 2.45) is 0 Å². The van der Waals surface area contributed by atoms with E-state index >= 15 is 0 Å². The van der Waals surface area contributed by atoms with Gasteiger partial charge in [-0.2, -0.15) is 0 Å². The van der Waals surface area contributed by atoms with E-state index in [1.54, 1.807) is 0 Å². The Bertz CT molecular complexity index is 206. The average Bonchev–Trinajstić information content (AvgIpc) is 2.43. The normalized spacial score (nSPS) is 23.0. The summed E-state index contributed by atoms with van der Waals surface area (Å²) in [5.74, 6) is 0. The molecule has 1 rings (SSSR count). The van der Waals surface area contributed by atoms with Gasteiger partial charge in [0.2, 0.25) is 0 Å². The molecule has 0 amide bonds. The van der Waals surface area contributed by atoms with Gasteiger partial charge in [-0.3, -0.25) is 4.90 Å². The van der Waals surface area contributed by atoms with Crippen molar-refractivity contribution in [3.05, 3.63) is 12.2 Å². The first kappa shape index (κ1) is 13.7. The summed E-state index contributed by atoms with van der Waals surface area (Å²) < 4.78 is 5.63. The van der Waals surface area contributed by atoms with Crippen LogP contribution in [0.3, 0.4) is 0 Å². The average molecular weight is 226 g/mol. The highest BCUT2D eigenvalue weighted by molar-refractivity contribution is 5.00. The molecular formula is C13H26N2O. The maximum Gasteiger partial charge on any atom is 0.0674 e. The lowest BCUT2D eigenvalue weighted by atomic mass is 10.2. The molecule has 16 heavy (non-hydrogen) atoms. The van der Waals surface area contributed by atoms with Gasteiger partial charge in [-0.05, 0) is 31.9 Å². The van der Waals surface area contributed by atoms with E-state index in [1.165, 1.54) is 12.0 Å². The zero-order valence-corrected chi connectivity index (χ0v) is 10.8. The van der Waals surface area contributed by atoms with Crippen molar-refractivity contribution in [1.29, 1.82) is 0 Å². The fourth-order valence-corrected chi connectivity index (χ4v) is 2.04. The number of nitrogens with one attached hydrogen (secondary N) is 1. The summed E-state index contributed by atoms with van der Waals surface area (Å²) in [6, 6.07) is 0. The van der Waals surface area contributed by atoms with Crippen LogP contribution in [0, 0.1) is 0 Å². The Morgan fingerprint density at radius 2 is 2.38 bits per heavy atom. The van der Waals surface area contributed by atoms with Gasteiger partial charge in [0, 0.05) is 32.8 Å². The van der Waals surface area contributed by atoms with Crippen LogP contribution in [0.4, 0.5) is 0 Å². The van der Waals surface area contributed by atoms with Gasteiger partial charge in [0.25, 0.3) is 0 Å². The summed E-state index contributed by atoms with van der Waals surface area (Å²) in [6.07, 6.45) is 2.68. The Morgan fingerprint density at radius 1 is 1.56 bits per heavy atom. The summed E-state index contributed by atoms with van der Waals surface area (Å²) in [6.45, 7) is 14.6. The van der Waals surface area contributed by atoms with Crippen molar-refractivity contribution in [2.75, 3.05) is 39.3 Å². The molecule has 1 N–H and O–H groups in total. The summed E-state index contributed by atoms with van der Waals surface area (Å²) in [5, 5.41) is 3.39. The van der Waals surface area contributed by atoms with E-state index in [-0.39, 0.29) is 0 Å². The van der Waals surface area contributed by atoms with E-state index in [4.69, 9.17) is 4.74 Å². The third kappa shape index (κ3) is 5.64. The molecule has 1 heterocycles. The van der Waals surface area contributed by atoms with Gasteiger partial charge in [0.15, 0.2) is 0 Å². The molecule has 0 aromatic heterocycles. The van der Waals surface area contributed by atoms with Crippen molar-refractivity contribution in [1.82, 2.24) is 10.2 Å². The fraction of sp³-hybridized carbons (Fsp3) is 0.846. The van der Waals surface area contributed by atoms with Gasteiger partial charge < -0.3 is 10.1 Å². The number of hydrogen-bond acceptors (Lipinski definition) is 3. The molecule has 0 radical (unpaired) electrons. The van der Waals surface area contributed by atoms with Crippen LogP contribution >= 0.6 is 0 Å². The molecule has 0 aliphatic carbocycles. The van der Waals surface area contributed by atoms with Gasteiger partial charge in [0.05, 0.1) is 6.10 Å². The van der Waals surface area contributed by atoms with E-state index in [2.05, 4.69) is 30.6 Å². The summed E-state index contributed by atoms with van der Waals surface area (Å²) in [4.78, 5) is 2.45. The van der Waals surface area contributed by atoms with E-state index in [9.17, 15) is 0 Å². The molecule has 1 saturated heterocycles. The third-order valence-electron chi connectivity index (χ3n) is 2.79. The van der Waals surface area contributed by atoms with Crippen LogP contribution in [-0.2, 0) is 4.74 Å². The van der Waals surface area contributed by atoms with Crippen LogP contribution < -0.4 is 5.32 Å². The van der Waals surface area contributed by atoms with Gasteiger partial charge >= 0.3 is 0 Å². The molecule has 0 spiro atoms. The maximum absolute atomic E-state index is 5.63. The highest BCUT2D eigenvalue weighted by atomic mass is 16.5. The predicted octanol–water partition coefficient (Wildman–Crippen LogP) is 1.65. The van der Waals surface area contributed by atoms with Crippen molar-refractivity contribution >= 4 is 0 Å². The zero-order valence-electron chi connectivity index (χ0n) is 10.8. The van der Waals surface area contributed by atoms with Gasteiger partial charge in [-0.25, -0.2) is 0 Å².